The minimum absolute atomic E-state index is 0.0361. The van der Waals surface area contributed by atoms with Crippen molar-refractivity contribution in [3.63, 3.8) is 0 Å². The number of amides is 2. The summed E-state index contributed by atoms with van der Waals surface area (Å²) in [7, 11) is 0. The van der Waals surface area contributed by atoms with Gasteiger partial charge in [0.2, 0.25) is 0 Å². The lowest BCUT2D eigenvalue weighted by atomic mass is 10.1. The van der Waals surface area contributed by atoms with E-state index in [9.17, 15) is 9.18 Å². The van der Waals surface area contributed by atoms with Crippen LogP contribution in [0.5, 0.6) is 0 Å². The molecule has 1 aliphatic heterocycles. The molecule has 2 amide bonds. The van der Waals surface area contributed by atoms with Gasteiger partial charge in [-0.2, -0.15) is 0 Å². The predicted molar refractivity (Wildman–Crippen MR) is 92.6 cm³/mol. The molecule has 25 heavy (non-hydrogen) atoms. The minimum atomic E-state index is -0.360. The Hall–Kier alpha value is -2.54. The van der Waals surface area contributed by atoms with Gasteiger partial charge in [0.25, 0.3) is 0 Å². The molecule has 0 aliphatic carbocycles. The quantitative estimate of drug-likeness (QED) is 0.929. The summed E-state index contributed by atoms with van der Waals surface area (Å²) in [5.41, 5.74) is 0.795. The Bertz CT molecular complexity index is 736. The first kappa shape index (κ1) is 17.3. The van der Waals surface area contributed by atoms with Gasteiger partial charge < -0.3 is 9.64 Å². The second kappa shape index (κ2) is 7.57. The zero-order chi connectivity index (χ0) is 17.8. The number of rotatable bonds is 3. The highest BCUT2D eigenvalue weighted by molar-refractivity contribution is 5.88. The summed E-state index contributed by atoms with van der Waals surface area (Å²) in [5.74, 6) is 0.315. The number of carbonyl (C=O) groups is 1. The standard InChI is InChI=1S/C18H21FN4O2/c1-12(2)16-11-23(9-10-25-16)18(24)20-17-8-7-15(21-22-17)13-5-3-4-6-14(13)19/h3-8,12,16H,9-11H2,1-2H3,(H,20,22,24). The number of ether oxygens (including phenoxy) is 1. The fourth-order valence-electron chi connectivity index (χ4n) is 2.66. The predicted octanol–water partition coefficient (Wildman–Crippen LogP) is 3.17. The van der Waals surface area contributed by atoms with Gasteiger partial charge in [0.15, 0.2) is 5.82 Å². The van der Waals surface area contributed by atoms with E-state index in [4.69, 9.17) is 4.74 Å². The van der Waals surface area contributed by atoms with Crippen LogP contribution in [0, 0.1) is 11.7 Å². The molecule has 1 fully saturated rings. The van der Waals surface area contributed by atoms with E-state index >= 15 is 0 Å². The summed E-state index contributed by atoms with van der Waals surface area (Å²) in [5, 5.41) is 10.7. The lowest BCUT2D eigenvalue weighted by molar-refractivity contribution is -0.0355. The summed E-state index contributed by atoms with van der Waals surface area (Å²) in [6, 6.07) is 9.38. The van der Waals surface area contributed by atoms with Crippen LogP contribution in [0.2, 0.25) is 0 Å². The molecule has 1 aromatic carbocycles. The van der Waals surface area contributed by atoms with Crippen LogP contribution < -0.4 is 5.32 Å². The topological polar surface area (TPSA) is 67.4 Å². The number of nitrogens with one attached hydrogen (secondary N) is 1. The second-order valence-corrected chi connectivity index (χ2v) is 6.31. The highest BCUT2D eigenvalue weighted by atomic mass is 19.1. The normalized spacial score (nSPS) is 17.6. The summed E-state index contributed by atoms with van der Waals surface area (Å²) >= 11 is 0. The van der Waals surface area contributed by atoms with Gasteiger partial charge in [0.1, 0.15) is 5.82 Å². The molecule has 3 rings (SSSR count). The van der Waals surface area contributed by atoms with Gasteiger partial charge in [-0.3, -0.25) is 5.32 Å². The number of benzene rings is 1. The van der Waals surface area contributed by atoms with Crippen LogP contribution in [0.1, 0.15) is 13.8 Å². The van der Waals surface area contributed by atoms with E-state index in [-0.39, 0.29) is 18.0 Å². The number of nitrogens with zero attached hydrogens (tertiary/aromatic N) is 3. The van der Waals surface area contributed by atoms with Crippen molar-refractivity contribution in [2.75, 3.05) is 25.0 Å². The largest absolute Gasteiger partial charge is 0.374 e. The van der Waals surface area contributed by atoms with E-state index in [0.29, 0.717) is 42.7 Å². The van der Waals surface area contributed by atoms with E-state index in [1.54, 1.807) is 35.2 Å². The van der Waals surface area contributed by atoms with Crippen molar-refractivity contribution in [2.24, 2.45) is 5.92 Å². The Kier molecular flexibility index (Phi) is 5.23. The fourth-order valence-corrected chi connectivity index (χ4v) is 2.66. The molecule has 1 N–H and O–H groups in total. The first-order valence-electron chi connectivity index (χ1n) is 8.31. The second-order valence-electron chi connectivity index (χ2n) is 6.31. The molecule has 1 aromatic heterocycles. The Morgan fingerprint density at radius 1 is 1.28 bits per heavy atom. The number of urea groups is 1. The average molecular weight is 344 g/mol. The Labute approximate surface area is 146 Å². The Morgan fingerprint density at radius 3 is 2.76 bits per heavy atom. The summed E-state index contributed by atoms with van der Waals surface area (Å²) in [6.07, 6.45) is 0.0361. The van der Waals surface area contributed by atoms with Crippen LogP contribution >= 0.6 is 0 Å². The summed E-state index contributed by atoms with van der Waals surface area (Å²) < 4.78 is 19.4. The zero-order valence-electron chi connectivity index (χ0n) is 14.3. The van der Waals surface area contributed by atoms with Gasteiger partial charge in [0.05, 0.1) is 18.4 Å². The number of carbonyl (C=O) groups excluding carboxylic acids is 1. The van der Waals surface area contributed by atoms with Crippen LogP contribution in [0.25, 0.3) is 11.3 Å². The maximum absolute atomic E-state index is 13.8. The van der Waals surface area contributed by atoms with Crippen molar-refractivity contribution in [1.82, 2.24) is 15.1 Å². The van der Waals surface area contributed by atoms with Gasteiger partial charge in [0, 0.05) is 18.7 Å². The molecule has 1 unspecified atom stereocenters. The number of hydrogen-bond acceptors (Lipinski definition) is 4. The van der Waals surface area contributed by atoms with Crippen molar-refractivity contribution in [3.8, 4) is 11.3 Å². The minimum Gasteiger partial charge on any atom is -0.374 e. The fraction of sp³-hybridized carbons (Fsp3) is 0.389. The van der Waals surface area contributed by atoms with Gasteiger partial charge in [-0.15, -0.1) is 10.2 Å². The molecule has 7 heteroatoms. The van der Waals surface area contributed by atoms with E-state index < -0.39 is 0 Å². The first-order valence-corrected chi connectivity index (χ1v) is 8.31. The third-order valence-electron chi connectivity index (χ3n) is 4.17. The third kappa shape index (κ3) is 4.11. The molecule has 1 atom stereocenters. The SMILES string of the molecule is CC(C)C1CN(C(=O)Nc2ccc(-c3ccccc3F)nn2)CCO1. The molecule has 0 saturated carbocycles. The van der Waals surface area contributed by atoms with Gasteiger partial charge in [-0.05, 0) is 30.2 Å². The smallest absolute Gasteiger partial charge is 0.323 e. The summed E-state index contributed by atoms with van der Waals surface area (Å²) in [4.78, 5) is 14.1. The van der Waals surface area contributed by atoms with Crippen molar-refractivity contribution in [3.05, 3.63) is 42.2 Å². The number of hydrogen-bond donors (Lipinski definition) is 1. The molecule has 2 aromatic rings. The van der Waals surface area contributed by atoms with Crippen LogP contribution in [0.4, 0.5) is 15.0 Å². The molecule has 132 valence electrons. The highest BCUT2D eigenvalue weighted by Crippen LogP contribution is 2.20. The van der Waals surface area contributed by atoms with Gasteiger partial charge in [-0.25, -0.2) is 9.18 Å². The average Bonchev–Trinajstić information content (AvgIpc) is 2.63. The molecule has 0 spiro atoms. The van der Waals surface area contributed by atoms with Crippen molar-refractivity contribution >= 4 is 11.8 Å². The Morgan fingerprint density at radius 2 is 2.08 bits per heavy atom. The highest BCUT2D eigenvalue weighted by Gasteiger charge is 2.26. The monoisotopic (exact) mass is 344 g/mol. The van der Waals surface area contributed by atoms with E-state index in [1.165, 1.54) is 6.07 Å². The van der Waals surface area contributed by atoms with E-state index in [1.807, 2.05) is 0 Å². The van der Waals surface area contributed by atoms with Crippen molar-refractivity contribution < 1.29 is 13.9 Å². The lowest BCUT2D eigenvalue weighted by Gasteiger charge is -2.34. The van der Waals surface area contributed by atoms with E-state index in [0.717, 1.165) is 0 Å². The van der Waals surface area contributed by atoms with Gasteiger partial charge in [-0.1, -0.05) is 26.0 Å². The number of anilines is 1. The number of aromatic nitrogens is 2. The molecule has 1 aliphatic rings. The number of halogens is 1. The molecular formula is C18H21FN4O2. The van der Waals surface area contributed by atoms with Crippen molar-refractivity contribution in [2.45, 2.75) is 20.0 Å². The number of morpholine rings is 1. The van der Waals surface area contributed by atoms with Crippen LogP contribution in [0.3, 0.4) is 0 Å². The Balaban J connectivity index is 1.65. The molecule has 0 radical (unpaired) electrons. The van der Waals surface area contributed by atoms with Crippen LogP contribution in [-0.2, 0) is 4.74 Å². The maximum atomic E-state index is 13.8. The molecule has 1 saturated heterocycles. The van der Waals surface area contributed by atoms with Crippen molar-refractivity contribution in [1.29, 1.82) is 0 Å². The first-order chi connectivity index (χ1) is 12.0. The molecule has 6 nitrogen and oxygen atoms in total. The maximum Gasteiger partial charge on any atom is 0.323 e. The molecular weight excluding hydrogens is 323 g/mol. The third-order valence-corrected chi connectivity index (χ3v) is 4.17. The van der Waals surface area contributed by atoms with E-state index in [2.05, 4.69) is 29.4 Å². The van der Waals surface area contributed by atoms with Crippen LogP contribution in [0.15, 0.2) is 36.4 Å². The molecule has 2 heterocycles. The lowest BCUT2D eigenvalue weighted by Crippen LogP contribution is -2.49. The summed E-state index contributed by atoms with van der Waals surface area (Å²) in [6.45, 7) is 5.74. The zero-order valence-corrected chi connectivity index (χ0v) is 14.3. The molecule has 0 bridgehead atoms. The van der Waals surface area contributed by atoms with Gasteiger partial charge >= 0.3 is 6.03 Å². The van der Waals surface area contributed by atoms with Crippen LogP contribution in [-0.4, -0.2) is 46.9 Å².